The van der Waals surface area contributed by atoms with E-state index in [1.165, 1.54) is 18.4 Å². The lowest BCUT2D eigenvalue weighted by atomic mass is 9.70. The molecular formula is C19H27NO2. The smallest absolute Gasteiger partial charge is 0.254 e. The lowest BCUT2D eigenvalue weighted by molar-refractivity contribution is -0.0915. The third-order valence-electron chi connectivity index (χ3n) is 6.01. The van der Waals surface area contributed by atoms with Crippen molar-refractivity contribution in [2.24, 2.45) is 5.41 Å². The minimum Gasteiger partial charge on any atom is -0.387 e. The third-order valence-corrected chi connectivity index (χ3v) is 6.01. The fourth-order valence-corrected chi connectivity index (χ4v) is 4.30. The number of fused-ring (bicyclic) bond motifs is 1. The highest BCUT2D eigenvalue weighted by Gasteiger charge is 2.49. The van der Waals surface area contributed by atoms with Gasteiger partial charge in [-0.05, 0) is 43.2 Å². The summed E-state index contributed by atoms with van der Waals surface area (Å²) >= 11 is 0. The summed E-state index contributed by atoms with van der Waals surface area (Å²) in [5, 5.41) is 11.3. The Morgan fingerprint density at radius 3 is 2.64 bits per heavy atom. The Hall–Kier alpha value is -1.35. The number of hydrogen-bond acceptors (Lipinski definition) is 2. The van der Waals surface area contributed by atoms with Crippen LogP contribution >= 0.6 is 0 Å². The highest BCUT2D eigenvalue weighted by molar-refractivity contribution is 5.98. The lowest BCUT2D eigenvalue weighted by Crippen LogP contribution is -2.53. The zero-order chi connectivity index (χ0) is 16.0. The molecule has 0 saturated heterocycles. The summed E-state index contributed by atoms with van der Waals surface area (Å²) in [5.41, 5.74) is 2.24. The molecule has 1 aliphatic heterocycles. The quantitative estimate of drug-likeness (QED) is 0.921. The summed E-state index contributed by atoms with van der Waals surface area (Å²) in [7, 11) is 0. The molecule has 1 amide bonds. The monoisotopic (exact) mass is 301 g/mol. The molecule has 2 aliphatic rings. The predicted molar refractivity (Wildman–Crippen MR) is 87.7 cm³/mol. The van der Waals surface area contributed by atoms with Crippen molar-refractivity contribution in [3.05, 3.63) is 34.9 Å². The molecule has 1 aromatic rings. The van der Waals surface area contributed by atoms with Crippen LogP contribution in [0.2, 0.25) is 0 Å². The Morgan fingerprint density at radius 1 is 1.32 bits per heavy atom. The molecule has 1 heterocycles. The SMILES string of the molecule is CC[C@@](O)(CN1Cc2cc(C)ccc2C1=O)C1(C)CCCC1. The largest absolute Gasteiger partial charge is 0.387 e. The molecule has 3 rings (SSSR count). The van der Waals surface area contributed by atoms with Gasteiger partial charge in [-0.3, -0.25) is 4.79 Å². The molecule has 1 aromatic carbocycles. The summed E-state index contributed by atoms with van der Waals surface area (Å²) < 4.78 is 0. The fraction of sp³-hybridized carbons (Fsp3) is 0.632. The Kier molecular flexibility index (Phi) is 3.80. The normalized spacial score (nSPS) is 22.7. The van der Waals surface area contributed by atoms with Crippen molar-refractivity contribution in [2.45, 2.75) is 65.0 Å². The van der Waals surface area contributed by atoms with Crippen molar-refractivity contribution < 1.29 is 9.90 Å². The van der Waals surface area contributed by atoms with Gasteiger partial charge < -0.3 is 10.0 Å². The topological polar surface area (TPSA) is 40.5 Å². The van der Waals surface area contributed by atoms with Crippen molar-refractivity contribution in [1.29, 1.82) is 0 Å². The third kappa shape index (κ3) is 2.36. The van der Waals surface area contributed by atoms with Gasteiger partial charge in [0.2, 0.25) is 0 Å². The van der Waals surface area contributed by atoms with Crippen LogP contribution in [0, 0.1) is 12.3 Å². The van der Waals surface area contributed by atoms with E-state index in [1.807, 2.05) is 24.0 Å². The van der Waals surface area contributed by atoms with Gasteiger partial charge in [-0.2, -0.15) is 0 Å². The van der Waals surface area contributed by atoms with Crippen molar-refractivity contribution in [3.8, 4) is 0 Å². The van der Waals surface area contributed by atoms with Crippen LogP contribution in [0.1, 0.15) is 67.4 Å². The molecule has 3 heteroatoms. The van der Waals surface area contributed by atoms with Crippen LogP contribution in [0.15, 0.2) is 18.2 Å². The molecule has 1 aliphatic carbocycles. The van der Waals surface area contributed by atoms with Gasteiger partial charge in [0.15, 0.2) is 0 Å². The van der Waals surface area contributed by atoms with Crippen molar-refractivity contribution >= 4 is 5.91 Å². The maximum Gasteiger partial charge on any atom is 0.254 e. The second-order valence-corrected chi connectivity index (χ2v) is 7.47. The van der Waals surface area contributed by atoms with Gasteiger partial charge in [0.1, 0.15) is 0 Å². The first-order valence-corrected chi connectivity index (χ1v) is 8.50. The average Bonchev–Trinajstić information content (AvgIpc) is 3.05. The van der Waals surface area contributed by atoms with E-state index in [0.29, 0.717) is 19.5 Å². The fourth-order valence-electron chi connectivity index (χ4n) is 4.30. The van der Waals surface area contributed by atoms with E-state index in [-0.39, 0.29) is 11.3 Å². The molecule has 1 fully saturated rings. The molecule has 0 spiro atoms. The Bertz CT molecular complexity index is 589. The Labute approximate surface area is 133 Å². The summed E-state index contributed by atoms with van der Waals surface area (Å²) in [5.74, 6) is 0.0727. The van der Waals surface area contributed by atoms with E-state index in [0.717, 1.165) is 24.0 Å². The highest BCUT2D eigenvalue weighted by Crippen LogP contribution is 2.48. The van der Waals surface area contributed by atoms with Crippen molar-refractivity contribution in [3.63, 3.8) is 0 Å². The van der Waals surface area contributed by atoms with Gasteiger partial charge in [0, 0.05) is 12.1 Å². The van der Waals surface area contributed by atoms with Crippen LogP contribution in [-0.2, 0) is 6.54 Å². The number of aryl methyl sites for hydroxylation is 1. The number of nitrogens with zero attached hydrogens (tertiary/aromatic N) is 1. The van der Waals surface area contributed by atoms with Gasteiger partial charge in [-0.1, -0.05) is 44.4 Å². The maximum atomic E-state index is 12.6. The zero-order valence-corrected chi connectivity index (χ0v) is 14.0. The maximum absolute atomic E-state index is 12.6. The predicted octanol–water partition coefficient (Wildman–Crippen LogP) is 3.67. The van der Waals surface area contributed by atoms with Crippen molar-refractivity contribution in [2.75, 3.05) is 6.54 Å². The molecule has 0 aromatic heterocycles. The van der Waals surface area contributed by atoms with E-state index >= 15 is 0 Å². The van der Waals surface area contributed by atoms with E-state index in [4.69, 9.17) is 0 Å². The van der Waals surface area contributed by atoms with Gasteiger partial charge in [0.05, 0.1) is 12.1 Å². The van der Waals surface area contributed by atoms with Gasteiger partial charge in [0.25, 0.3) is 5.91 Å². The zero-order valence-electron chi connectivity index (χ0n) is 14.0. The average molecular weight is 301 g/mol. The molecule has 0 radical (unpaired) electrons. The van der Waals surface area contributed by atoms with Crippen LogP contribution in [0.4, 0.5) is 0 Å². The summed E-state index contributed by atoms with van der Waals surface area (Å²) in [4.78, 5) is 14.5. The molecule has 1 saturated carbocycles. The number of hydrogen-bond donors (Lipinski definition) is 1. The molecule has 22 heavy (non-hydrogen) atoms. The number of amides is 1. The number of carbonyl (C=O) groups is 1. The van der Waals surface area contributed by atoms with Gasteiger partial charge in [-0.15, -0.1) is 0 Å². The Balaban J connectivity index is 1.83. The summed E-state index contributed by atoms with van der Waals surface area (Å²) in [6.45, 7) is 7.37. The first kappa shape index (κ1) is 15.5. The molecule has 3 nitrogen and oxygen atoms in total. The molecule has 120 valence electrons. The van der Waals surface area contributed by atoms with E-state index in [2.05, 4.69) is 19.9 Å². The standard InChI is InChI=1S/C19H27NO2/c1-4-19(22,18(3)9-5-6-10-18)13-20-12-15-11-14(2)7-8-16(15)17(20)21/h7-8,11,22H,4-6,9-10,12-13H2,1-3H3/t19-/m1/s1. The molecular weight excluding hydrogens is 274 g/mol. The number of rotatable bonds is 4. The number of benzene rings is 1. The van der Waals surface area contributed by atoms with Crippen LogP contribution in [0.5, 0.6) is 0 Å². The second-order valence-electron chi connectivity index (χ2n) is 7.47. The van der Waals surface area contributed by atoms with Crippen LogP contribution < -0.4 is 0 Å². The van der Waals surface area contributed by atoms with E-state index in [9.17, 15) is 9.90 Å². The first-order valence-electron chi connectivity index (χ1n) is 8.50. The number of β-amino-alcohol motifs (C(OH)–C–C–N with tert-alkyl or cyclic N) is 1. The van der Waals surface area contributed by atoms with Crippen LogP contribution in [0.3, 0.4) is 0 Å². The molecule has 1 atom stereocenters. The van der Waals surface area contributed by atoms with Crippen LogP contribution in [-0.4, -0.2) is 28.1 Å². The Morgan fingerprint density at radius 2 is 2.00 bits per heavy atom. The molecule has 1 N–H and O–H groups in total. The van der Waals surface area contributed by atoms with Crippen molar-refractivity contribution in [1.82, 2.24) is 4.90 Å². The molecule has 0 bridgehead atoms. The minimum atomic E-state index is -0.782. The first-order chi connectivity index (χ1) is 10.4. The highest BCUT2D eigenvalue weighted by atomic mass is 16.3. The lowest BCUT2D eigenvalue weighted by Gasteiger charge is -2.44. The number of carbonyl (C=O) groups excluding carboxylic acids is 1. The minimum absolute atomic E-state index is 0.0628. The van der Waals surface area contributed by atoms with Gasteiger partial charge in [-0.25, -0.2) is 0 Å². The number of aliphatic hydroxyl groups is 1. The van der Waals surface area contributed by atoms with Gasteiger partial charge >= 0.3 is 0 Å². The second kappa shape index (κ2) is 5.38. The summed E-state index contributed by atoms with van der Waals surface area (Å²) in [6.07, 6.45) is 5.19. The van der Waals surface area contributed by atoms with Crippen LogP contribution in [0.25, 0.3) is 0 Å². The van der Waals surface area contributed by atoms with E-state index in [1.54, 1.807) is 0 Å². The van der Waals surface area contributed by atoms with E-state index < -0.39 is 5.60 Å². The summed E-state index contributed by atoms with van der Waals surface area (Å²) in [6, 6.07) is 6.01. The molecule has 0 unspecified atom stereocenters.